The van der Waals surface area contributed by atoms with Gasteiger partial charge in [0, 0.05) is 16.5 Å². The highest BCUT2D eigenvalue weighted by atomic mass is 15.0. The molecule has 1 aromatic heterocycles. The van der Waals surface area contributed by atoms with E-state index in [4.69, 9.17) is 0 Å². The monoisotopic (exact) mass is 963 g/mol. The zero-order valence-corrected chi connectivity index (χ0v) is 41.7. The van der Waals surface area contributed by atoms with Crippen LogP contribution in [-0.4, -0.2) is 4.57 Å². The van der Waals surface area contributed by atoms with Crippen LogP contribution in [0.3, 0.4) is 0 Å². The molecule has 15 rings (SSSR count). The molecule has 0 unspecified atom stereocenters. The van der Waals surface area contributed by atoms with E-state index in [1.807, 2.05) is 0 Å². The lowest BCUT2D eigenvalue weighted by atomic mass is 9.67. The first kappa shape index (κ1) is 43.7. The summed E-state index contributed by atoms with van der Waals surface area (Å²) in [5.41, 5.74) is 22.7. The van der Waals surface area contributed by atoms with E-state index in [1.54, 1.807) is 0 Å². The third-order valence-corrected chi connectivity index (χ3v) is 16.3. The van der Waals surface area contributed by atoms with E-state index >= 15 is 0 Å². The Balaban J connectivity index is 0.804. The molecule has 1 aliphatic carbocycles. The molecule has 0 saturated heterocycles. The Morgan fingerprint density at radius 1 is 0.237 bits per heavy atom. The largest absolute Gasteiger partial charge is 0.309 e. The summed E-state index contributed by atoms with van der Waals surface area (Å²) in [5, 5.41) is 7.57. The first-order valence-electron chi connectivity index (χ1n) is 26.4. The van der Waals surface area contributed by atoms with Crippen LogP contribution < -0.4 is 0 Å². The molecule has 13 aromatic carbocycles. The summed E-state index contributed by atoms with van der Waals surface area (Å²) >= 11 is 0. The van der Waals surface area contributed by atoms with Gasteiger partial charge in [-0.1, -0.05) is 261 Å². The Morgan fingerprint density at radius 2 is 0.671 bits per heavy atom. The van der Waals surface area contributed by atoms with Crippen molar-refractivity contribution >= 4 is 43.4 Å². The molecule has 0 aliphatic heterocycles. The van der Waals surface area contributed by atoms with Crippen molar-refractivity contribution in [2.45, 2.75) is 5.41 Å². The lowest BCUT2D eigenvalue weighted by Crippen LogP contribution is -2.28. The normalized spacial score (nSPS) is 12.6. The first-order chi connectivity index (χ1) is 37.7. The van der Waals surface area contributed by atoms with Gasteiger partial charge in [0.1, 0.15) is 0 Å². The number of benzene rings is 13. The lowest BCUT2D eigenvalue weighted by Gasteiger charge is -2.34. The van der Waals surface area contributed by atoms with Gasteiger partial charge in [-0.15, -0.1) is 0 Å². The maximum absolute atomic E-state index is 2.47. The molecule has 0 saturated carbocycles. The maximum Gasteiger partial charge on any atom is 0.0713 e. The summed E-state index contributed by atoms with van der Waals surface area (Å²) in [5.74, 6) is 0. The third-order valence-electron chi connectivity index (χ3n) is 16.3. The zero-order chi connectivity index (χ0) is 50.2. The van der Waals surface area contributed by atoms with E-state index in [9.17, 15) is 0 Å². The Morgan fingerprint density at radius 3 is 1.25 bits per heavy atom. The van der Waals surface area contributed by atoms with E-state index < -0.39 is 5.41 Å². The van der Waals surface area contributed by atoms with E-state index in [0.29, 0.717) is 0 Å². The van der Waals surface area contributed by atoms with Crippen LogP contribution in [0.2, 0.25) is 0 Å². The van der Waals surface area contributed by atoms with Crippen molar-refractivity contribution < 1.29 is 0 Å². The van der Waals surface area contributed by atoms with Gasteiger partial charge in [-0.3, -0.25) is 0 Å². The average molecular weight is 964 g/mol. The van der Waals surface area contributed by atoms with Gasteiger partial charge in [-0.2, -0.15) is 0 Å². The molecule has 1 nitrogen and oxygen atoms in total. The first-order valence-corrected chi connectivity index (χ1v) is 26.4. The molecule has 1 heteroatoms. The third kappa shape index (κ3) is 6.94. The minimum absolute atomic E-state index is 0.536. The van der Waals surface area contributed by atoms with Crippen LogP contribution in [0.25, 0.3) is 116 Å². The molecule has 0 amide bonds. The van der Waals surface area contributed by atoms with Crippen molar-refractivity contribution in [3.63, 3.8) is 0 Å². The Hall–Kier alpha value is -9.82. The predicted molar refractivity (Wildman–Crippen MR) is 320 cm³/mol. The fourth-order valence-corrected chi connectivity index (χ4v) is 12.7. The molecule has 0 fully saturated rings. The Labute approximate surface area is 442 Å². The minimum Gasteiger partial charge on any atom is -0.309 e. The summed E-state index contributed by atoms with van der Waals surface area (Å²) in [6.45, 7) is 0. The summed E-state index contributed by atoms with van der Waals surface area (Å²) in [7, 11) is 0. The Kier molecular flexibility index (Phi) is 10.2. The minimum atomic E-state index is -0.536. The molecule has 76 heavy (non-hydrogen) atoms. The highest BCUT2D eigenvalue weighted by Gasteiger charge is 2.46. The van der Waals surface area contributed by atoms with Crippen molar-refractivity contribution in [3.05, 3.63) is 320 Å². The molecule has 0 radical (unpaired) electrons. The SMILES string of the molecule is c1ccc(-c2ccc(-c3ccc4c(c3)C(c3ccccc3)(c3ccccc3)c3cc(-c5ccc(-c6ccc(-n7c8cc(-c9cccc%10ccccc9%10)ccc8c8c9ccccc9ccc87)cc6)cc5)ccc3-4)cc2)cc1. The van der Waals surface area contributed by atoms with E-state index in [-0.39, 0.29) is 0 Å². The summed E-state index contributed by atoms with van der Waals surface area (Å²) in [6.07, 6.45) is 0. The fraction of sp³-hybridized carbons (Fsp3) is 0.0133. The number of hydrogen-bond acceptors (Lipinski definition) is 0. The second-order valence-electron chi connectivity index (χ2n) is 20.3. The number of rotatable bonds is 8. The molecule has 0 atom stereocenters. The summed E-state index contributed by atoms with van der Waals surface area (Å²) in [6, 6.07) is 110. The van der Waals surface area contributed by atoms with Crippen molar-refractivity contribution in [3.8, 4) is 72.4 Å². The summed E-state index contributed by atoms with van der Waals surface area (Å²) < 4.78 is 2.46. The van der Waals surface area contributed by atoms with Gasteiger partial charge in [0.25, 0.3) is 0 Å². The molecule has 0 spiro atoms. The number of aromatic nitrogens is 1. The molecule has 0 N–H and O–H groups in total. The molecule has 1 heterocycles. The van der Waals surface area contributed by atoms with Gasteiger partial charge in [0.05, 0.1) is 16.4 Å². The van der Waals surface area contributed by atoms with Gasteiger partial charge in [-0.05, 0) is 147 Å². The van der Waals surface area contributed by atoms with Gasteiger partial charge in [-0.25, -0.2) is 0 Å². The standard InChI is InChI=1S/C75H49N/c1-4-15-50(16-5-1)51-27-31-54(32-28-51)58-37-43-67-68-44-38-59(48-71(68)75(70(67)47-58,61-20-6-2-7-21-61)62-22-8-3-9-23-62)55-33-29-52(30-34-55)53-35-41-63(42-36-53)76-72-46-40-57-18-11-13-25-66(57)74(72)69-45-39-60(49-73(69)76)65-26-14-19-56-17-10-12-24-64(56)65/h1-49H. The van der Waals surface area contributed by atoms with E-state index in [2.05, 4.69) is 302 Å². The summed E-state index contributed by atoms with van der Waals surface area (Å²) in [4.78, 5) is 0. The van der Waals surface area contributed by atoms with E-state index in [1.165, 1.54) is 132 Å². The quantitative estimate of drug-likeness (QED) is 0.143. The van der Waals surface area contributed by atoms with Crippen LogP contribution in [0.4, 0.5) is 0 Å². The molecule has 354 valence electrons. The van der Waals surface area contributed by atoms with Crippen LogP contribution in [0.5, 0.6) is 0 Å². The number of hydrogen-bond donors (Lipinski definition) is 0. The van der Waals surface area contributed by atoms with Gasteiger partial charge in [0.2, 0.25) is 0 Å². The van der Waals surface area contributed by atoms with Gasteiger partial charge < -0.3 is 4.57 Å². The molecule has 14 aromatic rings. The van der Waals surface area contributed by atoms with Gasteiger partial charge >= 0.3 is 0 Å². The predicted octanol–water partition coefficient (Wildman–Crippen LogP) is 19.8. The lowest BCUT2D eigenvalue weighted by molar-refractivity contribution is 0.769. The average Bonchev–Trinajstić information content (AvgIpc) is 4.20. The van der Waals surface area contributed by atoms with Crippen molar-refractivity contribution in [1.29, 1.82) is 0 Å². The van der Waals surface area contributed by atoms with Crippen molar-refractivity contribution in [1.82, 2.24) is 4.57 Å². The van der Waals surface area contributed by atoms with Crippen LogP contribution in [0.1, 0.15) is 22.3 Å². The van der Waals surface area contributed by atoms with Gasteiger partial charge in [0.15, 0.2) is 0 Å². The highest BCUT2D eigenvalue weighted by Crippen LogP contribution is 2.57. The molecule has 0 bridgehead atoms. The second-order valence-corrected chi connectivity index (χ2v) is 20.3. The van der Waals surface area contributed by atoms with Crippen LogP contribution in [-0.2, 0) is 5.41 Å². The molecule has 1 aliphatic rings. The second kappa shape index (κ2) is 17.7. The van der Waals surface area contributed by atoms with Crippen LogP contribution in [0, 0.1) is 0 Å². The molecular weight excluding hydrogens is 915 g/mol. The van der Waals surface area contributed by atoms with Crippen molar-refractivity contribution in [2.24, 2.45) is 0 Å². The maximum atomic E-state index is 2.47. The topological polar surface area (TPSA) is 4.93 Å². The van der Waals surface area contributed by atoms with E-state index in [0.717, 1.165) is 5.69 Å². The Bertz CT molecular complexity index is 4470. The molecular formula is C75H49N. The highest BCUT2D eigenvalue weighted by molar-refractivity contribution is 6.22. The number of fused-ring (bicyclic) bond motifs is 9. The van der Waals surface area contributed by atoms with Crippen LogP contribution >= 0.6 is 0 Å². The zero-order valence-electron chi connectivity index (χ0n) is 41.7. The smallest absolute Gasteiger partial charge is 0.0713 e. The number of nitrogens with zero attached hydrogens (tertiary/aromatic N) is 1. The van der Waals surface area contributed by atoms with Crippen LogP contribution in [0.15, 0.2) is 297 Å². The fourth-order valence-electron chi connectivity index (χ4n) is 12.7. The van der Waals surface area contributed by atoms with Crippen molar-refractivity contribution in [2.75, 3.05) is 0 Å².